The molecular weight excluding hydrogens is 354 g/mol. The molecule has 0 unspecified atom stereocenters. The highest BCUT2D eigenvalue weighted by atomic mass is 16.5. The summed E-state index contributed by atoms with van der Waals surface area (Å²) in [5.41, 5.74) is 1.72. The zero-order valence-electron chi connectivity index (χ0n) is 17.2. The van der Waals surface area contributed by atoms with Gasteiger partial charge in [-0.25, -0.2) is 0 Å². The molecule has 1 aliphatic heterocycles. The monoisotopic (exact) mass is 383 g/mol. The second kappa shape index (κ2) is 8.13. The highest BCUT2D eigenvalue weighted by Crippen LogP contribution is 2.41. The van der Waals surface area contributed by atoms with Crippen molar-refractivity contribution >= 4 is 5.91 Å². The molecule has 2 aromatic rings. The van der Waals surface area contributed by atoms with Gasteiger partial charge in [-0.05, 0) is 51.5 Å². The van der Waals surface area contributed by atoms with E-state index >= 15 is 0 Å². The van der Waals surface area contributed by atoms with Crippen molar-refractivity contribution in [2.24, 2.45) is 0 Å². The van der Waals surface area contributed by atoms with Crippen LogP contribution in [-0.2, 0) is 4.79 Å². The van der Waals surface area contributed by atoms with Crippen molar-refractivity contribution in [1.82, 2.24) is 5.32 Å². The Hall–Kier alpha value is -2.69. The molecule has 3 rings (SSSR count). The van der Waals surface area contributed by atoms with Gasteiger partial charge in [0.25, 0.3) is 5.91 Å². The Balaban J connectivity index is 1.77. The van der Waals surface area contributed by atoms with E-state index < -0.39 is 11.7 Å². The number of aryl methyl sites for hydroxylation is 1. The molecule has 1 heterocycles. The number of benzene rings is 2. The lowest BCUT2D eigenvalue weighted by Crippen LogP contribution is -2.45. The van der Waals surface area contributed by atoms with Gasteiger partial charge < -0.3 is 19.5 Å². The van der Waals surface area contributed by atoms with Gasteiger partial charge in [0.05, 0.1) is 13.2 Å². The van der Waals surface area contributed by atoms with Crippen molar-refractivity contribution < 1.29 is 19.0 Å². The second-order valence-electron chi connectivity index (χ2n) is 7.86. The summed E-state index contributed by atoms with van der Waals surface area (Å²) in [6.45, 7) is 8.02. The largest absolute Gasteiger partial charge is 0.497 e. The third kappa shape index (κ3) is 4.58. The molecule has 0 bridgehead atoms. The fraction of sp³-hybridized carbons (Fsp3) is 0.435. The molecule has 5 heteroatoms. The van der Waals surface area contributed by atoms with Gasteiger partial charge in [-0.2, -0.15) is 0 Å². The number of carbonyl (C=O) groups is 1. The van der Waals surface area contributed by atoms with Gasteiger partial charge in [-0.15, -0.1) is 0 Å². The number of fused-ring (bicyclic) bond motifs is 1. The molecule has 2 atom stereocenters. The zero-order chi connectivity index (χ0) is 20.3. The molecule has 0 saturated heterocycles. The molecule has 0 fully saturated rings. The van der Waals surface area contributed by atoms with E-state index in [0.29, 0.717) is 18.6 Å². The standard InChI is InChI=1S/C23H29NO4/c1-6-20(27-16-9-7-15(2)8-10-16)22(25)24-19-14-23(3,4)28-21-13-17(26-5)11-12-18(19)21/h7-13,19-20H,6,14H2,1-5H3,(H,24,25)/t19-,20+/m0/s1. The molecule has 0 radical (unpaired) electrons. The highest BCUT2D eigenvalue weighted by molar-refractivity contribution is 5.81. The second-order valence-corrected chi connectivity index (χ2v) is 7.86. The normalized spacial score (nSPS) is 18.4. The van der Waals surface area contributed by atoms with E-state index in [9.17, 15) is 4.79 Å². The molecule has 0 aliphatic carbocycles. The SMILES string of the molecule is CC[C@@H](Oc1ccc(C)cc1)C(=O)N[C@H]1CC(C)(C)Oc2cc(OC)ccc21. The summed E-state index contributed by atoms with van der Waals surface area (Å²) in [6.07, 6.45) is 0.719. The summed E-state index contributed by atoms with van der Waals surface area (Å²) in [5, 5.41) is 3.17. The molecule has 5 nitrogen and oxygen atoms in total. The van der Waals surface area contributed by atoms with Crippen LogP contribution in [0.2, 0.25) is 0 Å². The lowest BCUT2D eigenvalue weighted by atomic mass is 9.89. The molecule has 1 N–H and O–H groups in total. The number of amides is 1. The van der Waals surface area contributed by atoms with E-state index in [4.69, 9.17) is 14.2 Å². The Morgan fingerprint density at radius 2 is 1.89 bits per heavy atom. The summed E-state index contributed by atoms with van der Waals surface area (Å²) in [7, 11) is 1.63. The van der Waals surface area contributed by atoms with Crippen LogP contribution >= 0.6 is 0 Å². The maximum absolute atomic E-state index is 13.0. The van der Waals surface area contributed by atoms with Gasteiger partial charge in [-0.3, -0.25) is 4.79 Å². The molecule has 1 aliphatic rings. The quantitative estimate of drug-likeness (QED) is 0.793. The Kier molecular flexibility index (Phi) is 5.82. The Labute approximate surface area is 167 Å². The minimum atomic E-state index is -0.546. The number of nitrogens with one attached hydrogen (secondary N) is 1. The first-order valence-corrected chi connectivity index (χ1v) is 9.72. The van der Waals surface area contributed by atoms with E-state index in [1.807, 2.05) is 70.2 Å². The van der Waals surface area contributed by atoms with Crippen molar-refractivity contribution in [3.63, 3.8) is 0 Å². The average Bonchev–Trinajstić information content (AvgIpc) is 2.66. The van der Waals surface area contributed by atoms with Crippen LogP contribution in [0.3, 0.4) is 0 Å². The molecule has 0 spiro atoms. The van der Waals surface area contributed by atoms with Crippen molar-refractivity contribution in [3.8, 4) is 17.2 Å². The van der Waals surface area contributed by atoms with E-state index in [0.717, 1.165) is 22.6 Å². The number of carbonyl (C=O) groups excluding carboxylic acids is 1. The summed E-state index contributed by atoms with van der Waals surface area (Å²) < 4.78 is 17.3. The Bertz CT molecular complexity index is 829. The first-order chi connectivity index (χ1) is 13.3. The van der Waals surface area contributed by atoms with E-state index in [2.05, 4.69) is 5.32 Å². The van der Waals surface area contributed by atoms with Gasteiger partial charge >= 0.3 is 0 Å². The Morgan fingerprint density at radius 3 is 2.54 bits per heavy atom. The van der Waals surface area contributed by atoms with E-state index in [1.54, 1.807) is 7.11 Å². The van der Waals surface area contributed by atoms with Crippen LogP contribution < -0.4 is 19.5 Å². The number of methoxy groups -OCH3 is 1. The third-order valence-corrected chi connectivity index (χ3v) is 4.96. The van der Waals surface area contributed by atoms with Crippen LogP contribution in [0.15, 0.2) is 42.5 Å². The zero-order valence-corrected chi connectivity index (χ0v) is 17.2. The smallest absolute Gasteiger partial charge is 0.261 e. The van der Waals surface area contributed by atoms with Crippen molar-refractivity contribution in [1.29, 1.82) is 0 Å². The molecule has 150 valence electrons. The summed E-state index contributed by atoms with van der Waals surface area (Å²) in [5.74, 6) is 2.06. The molecule has 1 amide bonds. The van der Waals surface area contributed by atoms with Gasteiger partial charge in [0, 0.05) is 18.1 Å². The average molecular weight is 383 g/mol. The van der Waals surface area contributed by atoms with Gasteiger partial charge in [0.2, 0.25) is 0 Å². The van der Waals surface area contributed by atoms with Crippen molar-refractivity contribution in [2.45, 2.75) is 58.3 Å². The predicted octanol–water partition coefficient (Wildman–Crippen LogP) is 4.58. The lowest BCUT2D eigenvalue weighted by Gasteiger charge is -2.38. The number of hydrogen-bond acceptors (Lipinski definition) is 4. The fourth-order valence-electron chi connectivity index (χ4n) is 3.46. The van der Waals surface area contributed by atoms with Gasteiger partial charge in [-0.1, -0.05) is 24.6 Å². The maximum Gasteiger partial charge on any atom is 0.261 e. The lowest BCUT2D eigenvalue weighted by molar-refractivity contribution is -0.129. The van der Waals surface area contributed by atoms with E-state index in [-0.39, 0.29) is 11.9 Å². The number of ether oxygens (including phenoxy) is 3. The highest BCUT2D eigenvalue weighted by Gasteiger charge is 2.36. The first-order valence-electron chi connectivity index (χ1n) is 9.72. The summed E-state index contributed by atoms with van der Waals surface area (Å²) in [6, 6.07) is 13.3. The molecule has 28 heavy (non-hydrogen) atoms. The molecule has 0 saturated carbocycles. The Morgan fingerprint density at radius 1 is 1.21 bits per heavy atom. The van der Waals surface area contributed by atoms with Gasteiger partial charge in [0.1, 0.15) is 22.8 Å². The third-order valence-electron chi connectivity index (χ3n) is 4.96. The van der Waals surface area contributed by atoms with Crippen molar-refractivity contribution in [3.05, 3.63) is 53.6 Å². The van der Waals surface area contributed by atoms with E-state index in [1.165, 1.54) is 0 Å². The topological polar surface area (TPSA) is 56.8 Å². The van der Waals surface area contributed by atoms with Crippen LogP contribution in [0.25, 0.3) is 0 Å². The fourth-order valence-corrected chi connectivity index (χ4v) is 3.46. The van der Waals surface area contributed by atoms with Crippen LogP contribution in [0, 0.1) is 6.92 Å². The minimum Gasteiger partial charge on any atom is -0.497 e. The van der Waals surface area contributed by atoms with Crippen molar-refractivity contribution in [2.75, 3.05) is 7.11 Å². The van der Waals surface area contributed by atoms with Crippen LogP contribution in [0.4, 0.5) is 0 Å². The molecule has 2 aromatic carbocycles. The van der Waals surface area contributed by atoms with Gasteiger partial charge in [0.15, 0.2) is 6.10 Å². The summed E-state index contributed by atoms with van der Waals surface area (Å²) in [4.78, 5) is 13.0. The van der Waals surface area contributed by atoms with Crippen LogP contribution in [0.1, 0.15) is 50.8 Å². The maximum atomic E-state index is 13.0. The first kappa shape index (κ1) is 20.1. The summed E-state index contributed by atoms with van der Waals surface area (Å²) >= 11 is 0. The van der Waals surface area contributed by atoms with Crippen LogP contribution in [0.5, 0.6) is 17.2 Å². The molecule has 0 aromatic heterocycles. The number of rotatable bonds is 6. The molecular formula is C23H29NO4. The number of hydrogen-bond donors (Lipinski definition) is 1. The minimum absolute atomic E-state index is 0.118. The predicted molar refractivity (Wildman–Crippen MR) is 109 cm³/mol. The van der Waals surface area contributed by atoms with Crippen LogP contribution in [-0.4, -0.2) is 24.7 Å².